The van der Waals surface area contributed by atoms with Gasteiger partial charge in [-0.2, -0.15) is 5.26 Å². The number of rotatable bonds is 4. The Kier molecular flexibility index (Phi) is 5.10. The molecule has 0 aromatic heterocycles. The van der Waals surface area contributed by atoms with Gasteiger partial charge >= 0.3 is 5.97 Å². The van der Waals surface area contributed by atoms with E-state index in [0.717, 1.165) is 0 Å². The predicted octanol–water partition coefficient (Wildman–Crippen LogP) is 1.62. The molecule has 0 atom stereocenters. The first-order valence-corrected chi connectivity index (χ1v) is 7.71. The molecule has 0 saturated heterocycles. The smallest absolute Gasteiger partial charge is 0.339 e. The fourth-order valence-electron chi connectivity index (χ4n) is 1.73. The molecule has 0 aliphatic carbocycles. The van der Waals surface area contributed by atoms with Gasteiger partial charge in [0, 0.05) is 5.54 Å². The molecule has 1 aromatic rings. The van der Waals surface area contributed by atoms with Gasteiger partial charge in [0.15, 0.2) is 0 Å². The van der Waals surface area contributed by atoms with Crippen LogP contribution in [0, 0.1) is 11.3 Å². The number of benzene rings is 1. The zero-order chi connectivity index (χ0) is 16.3. The molecule has 1 aromatic carbocycles. The molecule has 0 aliphatic rings. The second-order valence-electron chi connectivity index (χ2n) is 5.51. The second-order valence-corrected chi connectivity index (χ2v) is 7.16. The van der Waals surface area contributed by atoms with Gasteiger partial charge in [0.2, 0.25) is 10.0 Å². The van der Waals surface area contributed by atoms with Gasteiger partial charge in [-0.25, -0.2) is 17.9 Å². The van der Waals surface area contributed by atoms with Crippen molar-refractivity contribution in [1.29, 1.82) is 5.26 Å². The van der Waals surface area contributed by atoms with E-state index in [1.807, 2.05) is 6.07 Å². The minimum atomic E-state index is -3.90. The summed E-state index contributed by atoms with van der Waals surface area (Å²) >= 11 is 0. The highest BCUT2D eigenvalue weighted by Crippen LogP contribution is 2.21. The summed E-state index contributed by atoms with van der Waals surface area (Å²) in [6, 6.07) is 6.16. The van der Waals surface area contributed by atoms with Crippen molar-refractivity contribution in [2.24, 2.45) is 0 Å². The summed E-state index contributed by atoms with van der Waals surface area (Å²) in [5.41, 5.74) is -0.243. The molecule has 0 spiro atoms. The number of carbonyl (C=O) groups is 1. The molecule has 0 bridgehead atoms. The summed E-state index contributed by atoms with van der Waals surface area (Å²) in [6.07, 6.45) is 0.0551. The average molecular weight is 310 g/mol. The number of esters is 1. The number of hydrogen-bond donors (Lipinski definition) is 1. The van der Waals surface area contributed by atoms with Crippen LogP contribution in [0.1, 0.15) is 36.7 Å². The first-order valence-electron chi connectivity index (χ1n) is 6.23. The highest BCUT2D eigenvalue weighted by Gasteiger charge is 2.27. The van der Waals surface area contributed by atoms with Gasteiger partial charge in [-0.15, -0.1) is 0 Å². The van der Waals surface area contributed by atoms with E-state index in [1.54, 1.807) is 20.8 Å². The zero-order valence-corrected chi connectivity index (χ0v) is 13.2. The van der Waals surface area contributed by atoms with Crippen LogP contribution in [-0.4, -0.2) is 27.0 Å². The number of carbonyl (C=O) groups excluding carboxylic acids is 1. The molecule has 0 unspecified atom stereocenters. The van der Waals surface area contributed by atoms with Gasteiger partial charge in [0.05, 0.1) is 30.1 Å². The number of nitriles is 1. The highest BCUT2D eigenvalue weighted by atomic mass is 32.2. The average Bonchev–Trinajstić information content (AvgIpc) is 2.35. The largest absolute Gasteiger partial charge is 0.465 e. The summed E-state index contributed by atoms with van der Waals surface area (Å²) in [5.74, 6) is -0.743. The first kappa shape index (κ1) is 17.1. The van der Waals surface area contributed by atoms with Gasteiger partial charge in [-0.3, -0.25) is 0 Å². The van der Waals surface area contributed by atoms with E-state index in [-0.39, 0.29) is 16.9 Å². The molecule has 0 amide bonds. The zero-order valence-electron chi connectivity index (χ0n) is 12.4. The van der Waals surface area contributed by atoms with E-state index in [4.69, 9.17) is 5.26 Å². The number of nitrogens with zero attached hydrogens (tertiary/aromatic N) is 1. The van der Waals surface area contributed by atoms with Crippen molar-refractivity contribution in [3.8, 4) is 6.07 Å². The summed E-state index contributed by atoms with van der Waals surface area (Å²) in [6.45, 7) is 5.09. The van der Waals surface area contributed by atoms with Crippen molar-refractivity contribution in [2.75, 3.05) is 7.11 Å². The predicted molar refractivity (Wildman–Crippen MR) is 77.2 cm³/mol. The van der Waals surface area contributed by atoms with Gasteiger partial charge in [-0.05, 0) is 38.5 Å². The van der Waals surface area contributed by atoms with Crippen LogP contribution in [0.4, 0.5) is 0 Å². The Balaban J connectivity index is 3.46. The number of hydrogen-bond acceptors (Lipinski definition) is 5. The van der Waals surface area contributed by atoms with Crippen molar-refractivity contribution in [2.45, 2.75) is 37.6 Å². The number of sulfonamides is 1. The van der Waals surface area contributed by atoms with E-state index < -0.39 is 21.5 Å². The van der Waals surface area contributed by atoms with Crippen LogP contribution in [0.15, 0.2) is 23.1 Å². The van der Waals surface area contributed by atoms with Gasteiger partial charge in [0.1, 0.15) is 0 Å². The molecule has 114 valence electrons. The van der Waals surface area contributed by atoms with Gasteiger partial charge in [0.25, 0.3) is 0 Å². The molecule has 0 heterocycles. The summed E-state index contributed by atoms with van der Waals surface area (Å²) in [4.78, 5) is 11.6. The third kappa shape index (κ3) is 4.55. The molecule has 0 saturated carbocycles. The number of nitrogens with one attached hydrogen (secondary N) is 1. The minimum absolute atomic E-state index is 0.0551. The van der Waals surface area contributed by atoms with Crippen LogP contribution in [-0.2, 0) is 21.2 Å². The molecule has 21 heavy (non-hydrogen) atoms. The molecule has 1 N–H and O–H groups in total. The monoisotopic (exact) mass is 310 g/mol. The van der Waals surface area contributed by atoms with E-state index in [9.17, 15) is 13.2 Å². The SMILES string of the molecule is COC(=O)c1ccc(CC#N)cc1S(=O)(=O)NC(C)(C)C. The maximum Gasteiger partial charge on any atom is 0.339 e. The maximum absolute atomic E-state index is 12.4. The van der Waals surface area contributed by atoms with Gasteiger partial charge in [-0.1, -0.05) is 6.07 Å². The van der Waals surface area contributed by atoms with Crippen LogP contribution in [0.5, 0.6) is 0 Å². The summed E-state index contributed by atoms with van der Waals surface area (Å²) in [5, 5.41) is 8.72. The lowest BCUT2D eigenvalue weighted by molar-refractivity contribution is 0.0596. The molecule has 1 rings (SSSR count). The number of ether oxygens (including phenoxy) is 1. The van der Waals surface area contributed by atoms with E-state index >= 15 is 0 Å². The molecule has 0 aliphatic heterocycles. The quantitative estimate of drug-likeness (QED) is 0.852. The Morgan fingerprint density at radius 1 is 1.38 bits per heavy atom. The van der Waals surface area contributed by atoms with Crippen LogP contribution < -0.4 is 4.72 Å². The van der Waals surface area contributed by atoms with Crippen LogP contribution in [0.25, 0.3) is 0 Å². The third-order valence-corrected chi connectivity index (χ3v) is 4.26. The van der Waals surface area contributed by atoms with Crippen LogP contribution in [0.2, 0.25) is 0 Å². The Hall–Kier alpha value is -1.91. The van der Waals surface area contributed by atoms with Crippen molar-refractivity contribution in [1.82, 2.24) is 4.72 Å². The second kappa shape index (κ2) is 6.24. The first-order chi connectivity index (χ1) is 9.60. The Labute approximate surface area is 124 Å². The van der Waals surface area contributed by atoms with Crippen molar-refractivity contribution >= 4 is 16.0 Å². The lowest BCUT2D eigenvalue weighted by Gasteiger charge is -2.21. The fraction of sp³-hybridized carbons (Fsp3) is 0.429. The molecule has 0 fully saturated rings. The standard InChI is InChI=1S/C14H18N2O4S/c1-14(2,3)16-21(18,19)12-9-10(7-8-15)5-6-11(12)13(17)20-4/h5-6,9,16H,7H2,1-4H3. The van der Waals surface area contributed by atoms with E-state index in [0.29, 0.717) is 5.56 Å². The van der Waals surface area contributed by atoms with Crippen molar-refractivity contribution in [3.05, 3.63) is 29.3 Å². The molecular formula is C14H18N2O4S. The Morgan fingerprint density at radius 3 is 2.48 bits per heavy atom. The van der Waals surface area contributed by atoms with E-state index in [1.165, 1.54) is 25.3 Å². The molecule has 0 radical (unpaired) electrons. The van der Waals surface area contributed by atoms with Crippen LogP contribution in [0.3, 0.4) is 0 Å². The summed E-state index contributed by atoms with van der Waals surface area (Å²) in [7, 11) is -2.73. The third-order valence-electron chi connectivity index (χ3n) is 2.46. The maximum atomic E-state index is 12.4. The molecular weight excluding hydrogens is 292 g/mol. The minimum Gasteiger partial charge on any atom is -0.465 e. The van der Waals surface area contributed by atoms with Crippen LogP contribution >= 0.6 is 0 Å². The molecule has 7 heteroatoms. The fourth-order valence-corrected chi connectivity index (χ4v) is 3.39. The molecule has 6 nitrogen and oxygen atoms in total. The highest BCUT2D eigenvalue weighted by molar-refractivity contribution is 7.89. The topological polar surface area (TPSA) is 96.3 Å². The lowest BCUT2D eigenvalue weighted by Crippen LogP contribution is -2.41. The normalized spacial score (nSPS) is 11.8. The van der Waals surface area contributed by atoms with Gasteiger partial charge < -0.3 is 4.74 Å². The van der Waals surface area contributed by atoms with Crippen molar-refractivity contribution in [3.63, 3.8) is 0 Å². The summed E-state index contributed by atoms with van der Waals surface area (Å²) < 4.78 is 32.0. The Morgan fingerprint density at radius 2 is 2.00 bits per heavy atom. The van der Waals surface area contributed by atoms with E-state index in [2.05, 4.69) is 9.46 Å². The van der Waals surface area contributed by atoms with Crippen molar-refractivity contribution < 1.29 is 17.9 Å². The number of methoxy groups -OCH3 is 1. The lowest BCUT2D eigenvalue weighted by atomic mass is 10.1. The Bertz CT molecular complexity index is 682.